The van der Waals surface area contributed by atoms with E-state index in [9.17, 15) is 0 Å². The van der Waals surface area contributed by atoms with Crippen LogP contribution in [0, 0.1) is 0 Å². The van der Waals surface area contributed by atoms with Crippen LogP contribution in [0.3, 0.4) is 0 Å². The molecule has 0 saturated heterocycles. The molecular formula is C22H43N6S2+. The second-order valence-electron chi connectivity index (χ2n) is 7.95. The summed E-state index contributed by atoms with van der Waals surface area (Å²) < 4.78 is 2.14. The van der Waals surface area contributed by atoms with Gasteiger partial charge in [0, 0.05) is 31.1 Å². The van der Waals surface area contributed by atoms with Crippen molar-refractivity contribution in [3.05, 3.63) is 22.8 Å². The van der Waals surface area contributed by atoms with Crippen molar-refractivity contribution in [2.45, 2.75) is 53.8 Å². The SMILES string of the molecule is C=C(C)CSC1=NC(N(CC)CCN(C)C)NC(NC(SCCC)=C(C)CC)=[N+]1C. The maximum atomic E-state index is 5.05. The molecule has 8 heteroatoms. The lowest BCUT2D eigenvalue weighted by atomic mass is 10.2. The molecule has 0 spiro atoms. The minimum atomic E-state index is -0.0828. The maximum absolute atomic E-state index is 5.05. The van der Waals surface area contributed by atoms with E-state index in [1.54, 1.807) is 11.8 Å². The molecule has 0 aromatic rings. The van der Waals surface area contributed by atoms with E-state index in [0.29, 0.717) is 0 Å². The first-order valence-electron chi connectivity index (χ1n) is 10.9. The predicted octanol–water partition coefficient (Wildman–Crippen LogP) is 3.79. The Kier molecular flexibility index (Phi) is 12.8. The lowest BCUT2D eigenvalue weighted by Crippen LogP contribution is -2.58. The number of likely N-dealkylation sites (N-methyl/N-ethyl adjacent to an activating group) is 2. The first kappa shape index (κ1) is 27.1. The van der Waals surface area contributed by atoms with E-state index in [1.165, 1.54) is 10.6 Å². The highest BCUT2D eigenvalue weighted by Gasteiger charge is 2.31. The van der Waals surface area contributed by atoms with Gasteiger partial charge >= 0.3 is 5.96 Å². The first-order valence-corrected chi connectivity index (χ1v) is 12.9. The number of amidine groups is 1. The zero-order chi connectivity index (χ0) is 22.7. The van der Waals surface area contributed by atoms with Gasteiger partial charge < -0.3 is 4.90 Å². The summed E-state index contributed by atoms with van der Waals surface area (Å²) >= 11 is 3.65. The molecule has 0 fully saturated rings. The van der Waals surface area contributed by atoms with Gasteiger partial charge in [-0.1, -0.05) is 56.4 Å². The van der Waals surface area contributed by atoms with E-state index in [2.05, 4.69) is 87.3 Å². The number of hydrogen-bond acceptors (Lipinski definition) is 7. The molecule has 1 aliphatic rings. The average molecular weight is 456 g/mol. The van der Waals surface area contributed by atoms with E-state index in [0.717, 1.165) is 60.7 Å². The van der Waals surface area contributed by atoms with Crippen molar-refractivity contribution in [2.24, 2.45) is 4.99 Å². The number of guanidine groups is 1. The zero-order valence-electron chi connectivity index (χ0n) is 20.3. The maximum Gasteiger partial charge on any atom is 0.318 e. The Morgan fingerprint density at radius 2 is 1.93 bits per heavy atom. The van der Waals surface area contributed by atoms with Crippen LogP contribution in [0.25, 0.3) is 0 Å². The van der Waals surface area contributed by atoms with Gasteiger partial charge in [-0.25, -0.2) is 9.48 Å². The number of hydrogen-bond donors (Lipinski definition) is 2. The summed E-state index contributed by atoms with van der Waals surface area (Å²) in [6.45, 7) is 17.9. The van der Waals surface area contributed by atoms with Crippen LogP contribution in [-0.2, 0) is 0 Å². The average Bonchev–Trinajstić information content (AvgIpc) is 2.71. The molecule has 1 heterocycles. The molecule has 0 saturated carbocycles. The smallest absolute Gasteiger partial charge is 0.308 e. The standard InChI is InChI=1S/C22H42N6S2/c1-10-15-29-19(18(6)11-2)23-20-24-21(28(12-3)14-13-26(7)8)25-22(27(20)9)30-16-17(4)5/h21H,4,10-16H2,1-3,5-9H3,(H,23,24)/p+1. The summed E-state index contributed by atoms with van der Waals surface area (Å²) in [5.41, 5.74) is 2.54. The molecule has 1 rings (SSSR count). The number of nitrogens with one attached hydrogen (secondary N) is 2. The van der Waals surface area contributed by atoms with E-state index in [-0.39, 0.29) is 6.29 Å². The summed E-state index contributed by atoms with van der Waals surface area (Å²) in [7, 11) is 6.30. The Labute approximate surface area is 193 Å². The molecule has 2 N–H and O–H groups in total. The van der Waals surface area contributed by atoms with Crippen molar-refractivity contribution < 1.29 is 4.58 Å². The highest BCUT2D eigenvalue weighted by molar-refractivity contribution is 8.13. The fraction of sp³-hybridized carbons (Fsp3) is 0.727. The molecule has 0 radical (unpaired) electrons. The van der Waals surface area contributed by atoms with Gasteiger partial charge in [-0.05, 0) is 46.4 Å². The molecule has 0 aromatic heterocycles. The van der Waals surface area contributed by atoms with Gasteiger partial charge in [0.1, 0.15) is 5.03 Å². The number of thioether (sulfide) groups is 2. The number of nitrogens with zero attached hydrogens (tertiary/aromatic N) is 4. The van der Waals surface area contributed by atoms with Gasteiger partial charge in [0.25, 0.3) is 11.5 Å². The van der Waals surface area contributed by atoms with Crippen LogP contribution in [0.2, 0.25) is 0 Å². The Balaban J connectivity index is 3.18. The van der Waals surface area contributed by atoms with Crippen LogP contribution in [-0.4, -0.2) is 84.1 Å². The van der Waals surface area contributed by atoms with Crippen molar-refractivity contribution in [2.75, 3.05) is 52.3 Å². The Morgan fingerprint density at radius 3 is 2.47 bits per heavy atom. The number of allylic oxidation sites excluding steroid dienone is 1. The third kappa shape index (κ3) is 9.04. The number of aliphatic imine (C=N–C) groups is 1. The minimum Gasteiger partial charge on any atom is -0.308 e. The summed E-state index contributed by atoms with van der Waals surface area (Å²) in [6.07, 6.45) is 2.11. The molecule has 1 atom stereocenters. The molecule has 1 aliphatic heterocycles. The zero-order valence-corrected chi connectivity index (χ0v) is 22.0. The Hall–Kier alpha value is -0.960. The third-order valence-electron chi connectivity index (χ3n) is 4.76. The van der Waals surface area contributed by atoms with Gasteiger partial charge in [0.15, 0.2) is 0 Å². The second kappa shape index (κ2) is 14.2. The van der Waals surface area contributed by atoms with Gasteiger partial charge in [0.2, 0.25) is 0 Å². The highest BCUT2D eigenvalue weighted by atomic mass is 32.2. The van der Waals surface area contributed by atoms with Crippen LogP contribution >= 0.6 is 23.5 Å². The molecule has 0 aromatic carbocycles. The summed E-state index contributed by atoms with van der Waals surface area (Å²) in [6, 6.07) is 0. The van der Waals surface area contributed by atoms with Crippen LogP contribution in [0.4, 0.5) is 0 Å². The lowest BCUT2D eigenvalue weighted by molar-refractivity contribution is -0.374. The topological polar surface area (TPSA) is 45.9 Å². The fourth-order valence-corrected chi connectivity index (χ4v) is 4.48. The van der Waals surface area contributed by atoms with E-state index in [4.69, 9.17) is 4.99 Å². The summed E-state index contributed by atoms with van der Waals surface area (Å²) in [5.74, 6) is 2.97. The van der Waals surface area contributed by atoms with Crippen molar-refractivity contribution in [1.29, 1.82) is 0 Å². The molecular weight excluding hydrogens is 412 g/mol. The Morgan fingerprint density at radius 1 is 1.23 bits per heavy atom. The Bertz CT molecular complexity index is 654. The predicted molar refractivity (Wildman–Crippen MR) is 137 cm³/mol. The summed E-state index contributed by atoms with van der Waals surface area (Å²) in [5, 5.41) is 9.61. The van der Waals surface area contributed by atoms with Gasteiger partial charge in [-0.3, -0.25) is 10.6 Å². The molecule has 0 amide bonds. The normalized spacial score (nSPS) is 17.8. The molecule has 6 nitrogen and oxygen atoms in total. The van der Waals surface area contributed by atoms with Crippen molar-refractivity contribution in [1.82, 2.24) is 20.4 Å². The highest BCUT2D eigenvalue weighted by Crippen LogP contribution is 2.21. The van der Waals surface area contributed by atoms with Crippen molar-refractivity contribution in [3.63, 3.8) is 0 Å². The van der Waals surface area contributed by atoms with Crippen molar-refractivity contribution >= 4 is 34.7 Å². The third-order valence-corrected chi connectivity index (χ3v) is 7.38. The van der Waals surface area contributed by atoms with Gasteiger partial charge in [-0.15, -0.1) is 4.99 Å². The monoisotopic (exact) mass is 455 g/mol. The van der Waals surface area contributed by atoms with Crippen LogP contribution in [0.5, 0.6) is 0 Å². The van der Waals surface area contributed by atoms with Gasteiger partial charge in [-0.2, -0.15) is 0 Å². The molecule has 30 heavy (non-hydrogen) atoms. The van der Waals surface area contributed by atoms with Crippen LogP contribution in [0.1, 0.15) is 47.5 Å². The molecule has 172 valence electrons. The fourth-order valence-electron chi connectivity index (χ4n) is 2.67. The van der Waals surface area contributed by atoms with E-state index >= 15 is 0 Å². The van der Waals surface area contributed by atoms with Gasteiger partial charge in [0.05, 0.1) is 7.05 Å². The van der Waals surface area contributed by atoms with E-state index in [1.807, 2.05) is 11.8 Å². The quantitative estimate of drug-likeness (QED) is 0.345. The minimum absolute atomic E-state index is 0.0828. The largest absolute Gasteiger partial charge is 0.318 e. The second-order valence-corrected chi connectivity index (χ2v) is 10.00. The first-order chi connectivity index (χ1) is 14.2. The lowest BCUT2D eigenvalue weighted by Gasteiger charge is -2.30. The number of rotatable bonds is 12. The van der Waals surface area contributed by atoms with Crippen LogP contribution in [0.15, 0.2) is 27.7 Å². The van der Waals surface area contributed by atoms with Crippen molar-refractivity contribution in [3.8, 4) is 0 Å². The van der Waals surface area contributed by atoms with E-state index < -0.39 is 0 Å². The molecule has 1 unspecified atom stereocenters. The van der Waals surface area contributed by atoms with Crippen LogP contribution < -0.4 is 10.6 Å². The molecule has 0 aliphatic carbocycles. The summed E-state index contributed by atoms with van der Waals surface area (Å²) in [4.78, 5) is 9.64. The molecule has 0 bridgehead atoms.